The van der Waals surface area contributed by atoms with Crippen molar-refractivity contribution in [2.45, 2.75) is 27.7 Å². The first-order valence-electron chi connectivity index (χ1n) is 6.58. The van der Waals surface area contributed by atoms with E-state index >= 15 is 0 Å². The van der Waals surface area contributed by atoms with Crippen LogP contribution in [0.4, 0.5) is 5.69 Å². The van der Waals surface area contributed by atoms with Gasteiger partial charge in [0.2, 0.25) is 0 Å². The van der Waals surface area contributed by atoms with Crippen molar-refractivity contribution in [2.75, 3.05) is 0 Å². The Hall–Kier alpha value is -2.16. The normalized spacial score (nSPS) is 8.42. The molecule has 2 aromatic carbocycles. The number of para-hydroxylation sites is 1. The fourth-order valence-corrected chi connectivity index (χ4v) is 1.49. The number of benzene rings is 2. The van der Waals surface area contributed by atoms with E-state index in [2.05, 4.69) is 0 Å². The molecule has 0 aliphatic carbocycles. The van der Waals surface area contributed by atoms with Gasteiger partial charge in [0.15, 0.2) is 0 Å². The predicted molar refractivity (Wildman–Crippen MR) is 81.2 cm³/mol. The Morgan fingerprint density at radius 3 is 1.79 bits per heavy atom. The van der Waals surface area contributed by atoms with Crippen LogP contribution in [-0.2, 0) is 0 Å². The second-order valence-electron chi connectivity index (χ2n) is 3.14. The van der Waals surface area contributed by atoms with Gasteiger partial charge in [-0.25, -0.2) is 0 Å². The lowest BCUT2D eigenvalue weighted by Crippen LogP contribution is -1.90. The minimum absolute atomic E-state index is 0.142. The lowest BCUT2D eigenvalue weighted by Gasteiger charge is -2.01. The fourth-order valence-electron chi connectivity index (χ4n) is 1.49. The molecular weight excluding hydrogens is 238 g/mol. The molecule has 0 aromatic heterocycles. The predicted octanol–water partition coefficient (Wildman–Crippen LogP) is 5.31. The molecule has 3 nitrogen and oxygen atoms in total. The Kier molecular flexibility index (Phi) is 8.71. The van der Waals surface area contributed by atoms with Crippen molar-refractivity contribution >= 4 is 5.69 Å². The van der Waals surface area contributed by atoms with Gasteiger partial charge in [-0.3, -0.25) is 10.1 Å². The quantitative estimate of drug-likeness (QED) is 0.541. The summed E-state index contributed by atoms with van der Waals surface area (Å²) in [6.45, 7) is 8.00. The molecule has 0 unspecified atom stereocenters. The average Bonchev–Trinajstić information content (AvgIpc) is 2.52. The van der Waals surface area contributed by atoms with E-state index < -0.39 is 0 Å². The van der Waals surface area contributed by atoms with Gasteiger partial charge >= 0.3 is 0 Å². The standard InChI is InChI=1S/C12H9NO2.2C2H6/c14-13(15)12-9-5-4-8-11(12)10-6-2-1-3-7-10;2*1-2/h1-9H;2*1-2H3. The Balaban J connectivity index is 0.000000741. The zero-order valence-electron chi connectivity index (χ0n) is 12.0. The van der Waals surface area contributed by atoms with Crippen LogP contribution in [0.15, 0.2) is 54.6 Å². The van der Waals surface area contributed by atoms with Crippen LogP contribution in [0.3, 0.4) is 0 Å². The van der Waals surface area contributed by atoms with E-state index in [9.17, 15) is 10.1 Å². The van der Waals surface area contributed by atoms with Crippen molar-refractivity contribution < 1.29 is 4.92 Å². The summed E-state index contributed by atoms with van der Waals surface area (Å²) in [4.78, 5) is 10.4. The van der Waals surface area contributed by atoms with Crippen LogP contribution in [0.2, 0.25) is 0 Å². The van der Waals surface area contributed by atoms with Gasteiger partial charge in [-0.1, -0.05) is 70.2 Å². The lowest BCUT2D eigenvalue weighted by atomic mass is 10.0. The Morgan fingerprint density at radius 2 is 1.26 bits per heavy atom. The van der Waals surface area contributed by atoms with Gasteiger partial charge in [-0.05, 0) is 11.6 Å². The van der Waals surface area contributed by atoms with Crippen molar-refractivity contribution in [3.05, 3.63) is 64.7 Å². The van der Waals surface area contributed by atoms with Gasteiger partial charge in [-0.15, -0.1) is 0 Å². The van der Waals surface area contributed by atoms with Crippen molar-refractivity contribution in [1.82, 2.24) is 0 Å². The van der Waals surface area contributed by atoms with Crippen molar-refractivity contribution in [3.8, 4) is 11.1 Å². The summed E-state index contributed by atoms with van der Waals surface area (Å²) in [5, 5.41) is 10.8. The molecule has 0 fully saturated rings. The number of hydrogen-bond donors (Lipinski definition) is 0. The summed E-state index contributed by atoms with van der Waals surface area (Å²) in [6, 6.07) is 16.1. The van der Waals surface area contributed by atoms with E-state index in [-0.39, 0.29) is 10.6 Å². The molecule has 0 aliphatic rings. The zero-order valence-corrected chi connectivity index (χ0v) is 12.0. The Bertz CT molecular complexity index is 481. The van der Waals surface area contributed by atoms with Crippen molar-refractivity contribution in [3.63, 3.8) is 0 Å². The zero-order chi connectivity index (χ0) is 14.7. The van der Waals surface area contributed by atoms with Gasteiger partial charge < -0.3 is 0 Å². The molecular formula is C16H21NO2. The summed E-state index contributed by atoms with van der Waals surface area (Å²) in [7, 11) is 0. The van der Waals surface area contributed by atoms with Crippen LogP contribution >= 0.6 is 0 Å². The molecule has 0 atom stereocenters. The van der Waals surface area contributed by atoms with E-state index in [1.807, 2.05) is 58.0 Å². The number of rotatable bonds is 2. The first-order chi connectivity index (χ1) is 9.29. The maximum Gasteiger partial charge on any atom is 0.277 e. The molecule has 0 heterocycles. The van der Waals surface area contributed by atoms with Crippen molar-refractivity contribution in [1.29, 1.82) is 0 Å². The summed E-state index contributed by atoms with van der Waals surface area (Å²) >= 11 is 0. The summed E-state index contributed by atoms with van der Waals surface area (Å²) in [5.74, 6) is 0. The molecule has 19 heavy (non-hydrogen) atoms. The maximum absolute atomic E-state index is 10.8. The molecule has 0 spiro atoms. The third-order valence-electron chi connectivity index (χ3n) is 2.19. The number of nitro benzene ring substituents is 1. The largest absolute Gasteiger partial charge is 0.277 e. The average molecular weight is 259 g/mol. The number of nitrogens with zero attached hydrogens (tertiary/aromatic N) is 1. The van der Waals surface area contributed by atoms with Crippen molar-refractivity contribution in [2.24, 2.45) is 0 Å². The van der Waals surface area contributed by atoms with Gasteiger partial charge in [0.05, 0.1) is 10.5 Å². The molecule has 0 saturated carbocycles. The number of nitro groups is 1. The molecule has 2 rings (SSSR count). The smallest absolute Gasteiger partial charge is 0.258 e. The van der Waals surface area contributed by atoms with E-state index in [1.165, 1.54) is 6.07 Å². The summed E-state index contributed by atoms with van der Waals surface area (Å²) in [6.07, 6.45) is 0. The first kappa shape index (κ1) is 16.8. The van der Waals surface area contributed by atoms with Crippen LogP contribution in [0.5, 0.6) is 0 Å². The highest BCUT2D eigenvalue weighted by Crippen LogP contribution is 2.28. The molecule has 0 aliphatic heterocycles. The molecule has 102 valence electrons. The number of hydrogen-bond acceptors (Lipinski definition) is 2. The van der Waals surface area contributed by atoms with Gasteiger partial charge in [0.1, 0.15) is 0 Å². The second kappa shape index (κ2) is 9.83. The maximum atomic E-state index is 10.8. The van der Waals surface area contributed by atoms with Gasteiger partial charge in [-0.2, -0.15) is 0 Å². The topological polar surface area (TPSA) is 43.1 Å². The molecule has 0 saturated heterocycles. The van der Waals surface area contributed by atoms with E-state index in [4.69, 9.17) is 0 Å². The molecule has 2 aromatic rings. The first-order valence-corrected chi connectivity index (χ1v) is 6.58. The van der Waals surface area contributed by atoms with Crippen LogP contribution in [0.1, 0.15) is 27.7 Å². The van der Waals surface area contributed by atoms with Crippen LogP contribution in [0.25, 0.3) is 11.1 Å². The highest BCUT2D eigenvalue weighted by molar-refractivity contribution is 5.73. The molecule has 0 amide bonds. The molecule has 3 heteroatoms. The van der Waals surface area contributed by atoms with Gasteiger partial charge in [0, 0.05) is 6.07 Å². The van der Waals surface area contributed by atoms with Crippen LogP contribution in [0, 0.1) is 10.1 Å². The van der Waals surface area contributed by atoms with Crippen LogP contribution < -0.4 is 0 Å². The molecule has 0 bridgehead atoms. The summed E-state index contributed by atoms with van der Waals surface area (Å²) in [5.41, 5.74) is 1.66. The SMILES string of the molecule is CC.CC.O=[N+]([O-])c1ccccc1-c1ccccc1. The van der Waals surface area contributed by atoms with E-state index in [0.717, 1.165) is 5.56 Å². The minimum Gasteiger partial charge on any atom is -0.258 e. The Labute approximate surface area is 115 Å². The molecule has 0 N–H and O–H groups in total. The highest BCUT2D eigenvalue weighted by atomic mass is 16.6. The third kappa shape index (κ3) is 4.92. The van der Waals surface area contributed by atoms with E-state index in [1.54, 1.807) is 18.2 Å². The minimum atomic E-state index is -0.359. The second-order valence-corrected chi connectivity index (χ2v) is 3.14. The van der Waals surface area contributed by atoms with Crippen LogP contribution in [-0.4, -0.2) is 4.92 Å². The monoisotopic (exact) mass is 259 g/mol. The lowest BCUT2D eigenvalue weighted by molar-refractivity contribution is -0.384. The molecule has 0 radical (unpaired) electrons. The summed E-state index contributed by atoms with van der Waals surface area (Å²) < 4.78 is 0. The van der Waals surface area contributed by atoms with E-state index in [0.29, 0.717) is 5.56 Å². The highest BCUT2D eigenvalue weighted by Gasteiger charge is 2.12. The fraction of sp³-hybridized carbons (Fsp3) is 0.250. The van der Waals surface area contributed by atoms with Gasteiger partial charge in [0.25, 0.3) is 5.69 Å². The Morgan fingerprint density at radius 1 is 0.789 bits per heavy atom. The third-order valence-corrected chi connectivity index (χ3v) is 2.19.